The van der Waals surface area contributed by atoms with Crippen LogP contribution in [0.3, 0.4) is 0 Å². The number of nitriles is 1. The number of amides is 1. The first-order valence-electron chi connectivity index (χ1n) is 9.72. The van der Waals surface area contributed by atoms with Gasteiger partial charge in [0.1, 0.15) is 17.2 Å². The number of hydrogen-bond donors (Lipinski definition) is 1. The highest BCUT2D eigenvalue weighted by molar-refractivity contribution is 5.82. The van der Waals surface area contributed by atoms with Crippen LogP contribution in [0.1, 0.15) is 50.7 Å². The number of benzene rings is 2. The Bertz CT molecular complexity index is 1280. The molecule has 1 amide bonds. The Morgan fingerprint density at radius 3 is 2.55 bits per heavy atom. The monoisotopic (exact) mass is 422 g/mol. The Labute approximate surface area is 179 Å². The molecule has 2 aromatic carbocycles. The summed E-state index contributed by atoms with van der Waals surface area (Å²) in [6.45, 7) is 8.46. The summed E-state index contributed by atoms with van der Waals surface area (Å²) in [4.78, 5) is 31.3. The van der Waals surface area contributed by atoms with Crippen molar-refractivity contribution in [1.82, 2.24) is 14.5 Å². The van der Waals surface area contributed by atoms with Gasteiger partial charge in [-0.3, -0.25) is 14.3 Å². The summed E-state index contributed by atoms with van der Waals surface area (Å²) in [5.41, 5.74) is -0.239. The van der Waals surface area contributed by atoms with Gasteiger partial charge in [-0.05, 0) is 64.4 Å². The molecule has 0 aliphatic rings. The van der Waals surface area contributed by atoms with Crippen LogP contribution in [0.5, 0.6) is 0 Å². The van der Waals surface area contributed by atoms with E-state index in [1.165, 1.54) is 27.7 Å². The molecule has 1 heterocycles. The van der Waals surface area contributed by atoms with E-state index in [9.17, 15) is 24.3 Å². The summed E-state index contributed by atoms with van der Waals surface area (Å²) in [6, 6.07) is 10.2. The molecule has 3 rings (SSSR count). The van der Waals surface area contributed by atoms with E-state index in [-0.39, 0.29) is 16.7 Å². The molecular formula is C23H23FN4O3. The Morgan fingerprint density at radius 1 is 1.29 bits per heavy atom. The van der Waals surface area contributed by atoms with Crippen LogP contribution in [0.15, 0.2) is 41.2 Å². The highest BCUT2D eigenvalue weighted by Gasteiger charge is 2.35. The van der Waals surface area contributed by atoms with Crippen molar-refractivity contribution in [2.45, 2.75) is 46.2 Å². The van der Waals surface area contributed by atoms with Crippen molar-refractivity contribution >= 4 is 17.0 Å². The third-order valence-electron chi connectivity index (χ3n) is 5.13. The Hall–Kier alpha value is -3.73. The van der Waals surface area contributed by atoms with Crippen molar-refractivity contribution in [2.24, 2.45) is 0 Å². The molecule has 0 aliphatic carbocycles. The van der Waals surface area contributed by atoms with Gasteiger partial charge in [0.2, 0.25) is 0 Å². The molecule has 1 atom stereocenters. The summed E-state index contributed by atoms with van der Waals surface area (Å²) < 4.78 is 15.9. The molecular weight excluding hydrogens is 399 g/mol. The van der Waals surface area contributed by atoms with E-state index < -0.39 is 29.1 Å². The van der Waals surface area contributed by atoms with Crippen LogP contribution in [0, 0.1) is 24.1 Å². The molecule has 3 aromatic rings. The average molecular weight is 422 g/mol. The number of rotatable bonds is 3. The van der Waals surface area contributed by atoms with Crippen LogP contribution >= 0.6 is 0 Å². The fourth-order valence-electron chi connectivity index (χ4n) is 3.82. The molecule has 0 radical (unpaired) electrons. The first-order chi connectivity index (χ1) is 14.5. The SMILES string of the molecule is Cc1ccc(F)c2nc(C(C)N(C(=O)O)C(C)(C)C)n(-c3cccc(C#N)c3)c(=O)c12. The second kappa shape index (κ2) is 7.84. The lowest BCUT2D eigenvalue weighted by Gasteiger charge is -2.38. The van der Waals surface area contributed by atoms with Crippen LogP contribution in [-0.2, 0) is 0 Å². The minimum Gasteiger partial charge on any atom is -0.465 e. The molecule has 0 bridgehead atoms. The van der Waals surface area contributed by atoms with Crippen molar-refractivity contribution in [3.05, 3.63) is 69.5 Å². The number of carboxylic acid groups (broad SMARTS) is 1. The topological polar surface area (TPSA) is 99.2 Å². The van der Waals surface area contributed by atoms with Crippen LogP contribution < -0.4 is 5.56 Å². The minimum atomic E-state index is -1.20. The molecule has 0 saturated heterocycles. The number of hydrogen-bond acceptors (Lipinski definition) is 4. The maximum absolute atomic E-state index is 14.7. The summed E-state index contributed by atoms with van der Waals surface area (Å²) >= 11 is 0. The zero-order valence-electron chi connectivity index (χ0n) is 18.0. The molecule has 31 heavy (non-hydrogen) atoms. The fraction of sp³-hybridized carbons (Fsp3) is 0.304. The standard InChI is InChI=1S/C23H23FN4O3/c1-13-9-10-17(24)19-18(13)21(29)27(16-8-6-7-15(11-16)12-25)20(26-19)14(2)28(22(30)31)23(3,4)5/h6-11,14H,1-5H3,(H,30,31). The van der Waals surface area contributed by atoms with Gasteiger partial charge < -0.3 is 5.11 Å². The maximum atomic E-state index is 14.7. The van der Waals surface area contributed by atoms with Gasteiger partial charge in [0.05, 0.1) is 28.7 Å². The molecule has 8 heteroatoms. The Kier molecular flexibility index (Phi) is 5.55. The minimum absolute atomic E-state index is 0.0643. The highest BCUT2D eigenvalue weighted by Crippen LogP contribution is 2.30. The van der Waals surface area contributed by atoms with E-state index in [0.717, 1.165) is 0 Å². The number of aromatic nitrogens is 2. The van der Waals surface area contributed by atoms with E-state index >= 15 is 0 Å². The largest absolute Gasteiger partial charge is 0.465 e. The molecule has 0 saturated carbocycles. The second-order valence-electron chi connectivity index (χ2n) is 8.36. The van der Waals surface area contributed by atoms with Gasteiger partial charge in [-0.15, -0.1) is 0 Å². The Balaban J connectivity index is 2.47. The van der Waals surface area contributed by atoms with Crippen LogP contribution in [0.2, 0.25) is 0 Å². The summed E-state index contributed by atoms with van der Waals surface area (Å²) in [7, 11) is 0. The Morgan fingerprint density at radius 2 is 1.97 bits per heavy atom. The zero-order valence-corrected chi connectivity index (χ0v) is 18.0. The van der Waals surface area contributed by atoms with Crippen LogP contribution in [-0.4, -0.2) is 31.2 Å². The van der Waals surface area contributed by atoms with Crippen LogP contribution in [0.25, 0.3) is 16.6 Å². The summed E-state index contributed by atoms with van der Waals surface area (Å²) in [5, 5.41) is 19.3. The number of nitrogens with zero attached hydrogens (tertiary/aromatic N) is 4. The van der Waals surface area contributed by atoms with Crippen molar-refractivity contribution in [1.29, 1.82) is 5.26 Å². The van der Waals surface area contributed by atoms with Gasteiger partial charge >= 0.3 is 6.09 Å². The third kappa shape index (κ3) is 3.87. The van der Waals surface area contributed by atoms with Gasteiger partial charge in [0.15, 0.2) is 0 Å². The third-order valence-corrected chi connectivity index (χ3v) is 5.13. The molecule has 0 fully saturated rings. The molecule has 1 N–H and O–H groups in total. The zero-order chi connectivity index (χ0) is 23.1. The second-order valence-corrected chi connectivity index (χ2v) is 8.36. The van der Waals surface area contributed by atoms with Gasteiger partial charge in [-0.1, -0.05) is 12.1 Å². The number of aryl methyl sites for hydroxylation is 1. The van der Waals surface area contributed by atoms with Crippen molar-refractivity contribution in [2.75, 3.05) is 0 Å². The fourth-order valence-corrected chi connectivity index (χ4v) is 3.82. The first-order valence-corrected chi connectivity index (χ1v) is 9.72. The lowest BCUT2D eigenvalue weighted by Crippen LogP contribution is -2.47. The maximum Gasteiger partial charge on any atom is 0.408 e. The van der Waals surface area contributed by atoms with E-state index in [0.29, 0.717) is 16.8 Å². The quantitative estimate of drug-likeness (QED) is 0.668. The van der Waals surface area contributed by atoms with Gasteiger partial charge in [0, 0.05) is 5.54 Å². The van der Waals surface area contributed by atoms with E-state index in [1.807, 2.05) is 6.07 Å². The van der Waals surface area contributed by atoms with E-state index in [2.05, 4.69) is 4.98 Å². The van der Waals surface area contributed by atoms with Gasteiger partial charge in [0.25, 0.3) is 5.56 Å². The molecule has 1 unspecified atom stereocenters. The summed E-state index contributed by atoms with van der Waals surface area (Å²) in [6.07, 6.45) is -1.20. The van der Waals surface area contributed by atoms with E-state index in [4.69, 9.17) is 0 Å². The predicted molar refractivity (Wildman–Crippen MR) is 115 cm³/mol. The normalized spacial score (nSPS) is 12.4. The molecule has 1 aromatic heterocycles. The lowest BCUT2D eigenvalue weighted by atomic mass is 10.0. The average Bonchev–Trinajstić information content (AvgIpc) is 2.68. The number of fused-ring (bicyclic) bond motifs is 1. The molecule has 7 nitrogen and oxygen atoms in total. The highest BCUT2D eigenvalue weighted by atomic mass is 19.1. The molecule has 0 aliphatic heterocycles. The summed E-state index contributed by atoms with van der Waals surface area (Å²) in [5.74, 6) is -0.601. The molecule has 160 valence electrons. The smallest absolute Gasteiger partial charge is 0.408 e. The van der Waals surface area contributed by atoms with Crippen molar-refractivity contribution in [3.63, 3.8) is 0 Å². The van der Waals surface area contributed by atoms with Gasteiger partial charge in [-0.25, -0.2) is 14.2 Å². The van der Waals surface area contributed by atoms with E-state index in [1.54, 1.807) is 52.8 Å². The van der Waals surface area contributed by atoms with Gasteiger partial charge in [-0.2, -0.15) is 5.26 Å². The lowest BCUT2D eigenvalue weighted by molar-refractivity contribution is 0.0719. The van der Waals surface area contributed by atoms with Crippen molar-refractivity contribution < 1.29 is 14.3 Å². The first kappa shape index (κ1) is 22.0. The number of carbonyl (C=O) groups is 1. The predicted octanol–water partition coefficient (Wildman–Crippen LogP) is 4.54. The van der Waals surface area contributed by atoms with Crippen LogP contribution in [0.4, 0.5) is 9.18 Å². The number of halogens is 1. The van der Waals surface area contributed by atoms with Crippen molar-refractivity contribution in [3.8, 4) is 11.8 Å². The molecule has 0 spiro atoms.